The summed E-state index contributed by atoms with van der Waals surface area (Å²) in [5.41, 5.74) is 4.22. The van der Waals surface area contributed by atoms with E-state index in [1.54, 1.807) is 66.9 Å². The Morgan fingerprint density at radius 3 is 2.48 bits per heavy atom. The minimum absolute atomic E-state index is 0.0628. The van der Waals surface area contributed by atoms with E-state index >= 15 is 0 Å². The first kappa shape index (κ1) is 21.7. The third-order valence-electron chi connectivity index (χ3n) is 3.92. The standard InChI is InChI=1S/C22H19ClN6O2/c1-15-11-12-24-22(27-15)25-14-19(28-20(30)17-5-3-2-4-6-17)21(31)29-26-13-16-7-9-18(23)10-8-16/h2-14H,1H3,(H,28,30)(H,29,31)(H,24,25,27)/b19-14+,26-13+. The van der Waals surface area contributed by atoms with E-state index in [1.807, 2.05) is 6.92 Å². The molecular formula is C22H19ClN6O2. The highest BCUT2D eigenvalue weighted by Gasteiger charge is 2.14. The molecule has 2 aromatic carbocycles. The van der Waals surface area contributed by atoms with E-state index in [2.05, 4.69) is 31.1 Å². The van der Waals surface area contributed by atoms with Crippen LogP contribution in [-0.4, -0.2) is 28.0 Å². The number of benzene rings is 2. The zero-order valence-corrected chi connectivity index (χ0v) is 17.3. The van der Waals surface area contributed by atoms with Crippen LogP contribution in [0, 0.1) is 6.92 Å². The maximum Gasteiger partial charge on any atom is 0.289 e. The van der Waals surface area contributed by atoms with Gasteiger partial charge in [0, 0.05) is 28.7 Å². The molecule has 0 spiro atoms. The Labute approximate surface area is 184 Å². The molecular weight excluding hydrogens is 416 g/mol. The number of hydrogen-bond donors (Lipinski definition) is 3. The van der Waals surface area contributed by atoms with Crippen molar-refractivity contribution in [2.24, 2.45) is 5.10 Å². The number of nitrogens with zero attached hydrogens (tertiary/aromatic N) is 3. The molecule has 3 rings (SSSR count). The fourth-order valence-corrected chi connectivity index (χ4v) is 2.50. The molecule has 0 atom stereocenters. The average Bonchev–Trinajstić information content (AvgIpc) is 2.78. The van der Waals surface area contributed by atoms with Crippen LogP contribution in [0.4, 0.5) is 5.95 Å². The van der Waals surface area contributed by atoms with E-state index in [1.165, 1.54) is 12.4 Å². The van der Waals surface area contributed by atoms with Crippen molar-refractivity contribution in [1.29, 1.82) is 0 Å². The summed E-state index contributed by atoms with van der Waals surface area (Å²) >= 11 is 5.85. The Morgan fingerprint density at radius 2 is 1.77 bits per heavy atom. The molecule has 0 saturated carbocycles. The van der Waals surface area contributed by atoms with Gasteiger partial charge in [-0.25, -0.2) is 15.4 Å². The van der Waals surface area contributed by atoms with E-state index in [0.29, 0.717) is 10.6 Å². The molecule has 2 amide bonds. The number of nitrogens with one attached hydrogen (secondary N) is 3. The number of carbonyl (C=O) groups is 2. The normalized spacial score (nSPS) is 11.2. The van der Waals surface area contributed by atoms with Gasteiger partial charge >= 0.3 is 0 Å². The fraction of sp³-hybridized carbons (Fsp3) is 0.0455. The molecule has 0 saturated heterocycles. The Morgan fingerprint density at radius 1 is 1.03 bits per heavy atom. The van der Waals surface area contributed by atoms with Crippen LogP contribution in [0.25, 0.3) is 0 Å². The second-order valence-corrected chi connectivity index (χ2v) is 6.73. The molecule has 0 unspecified atom stereocenters. The zero-order valence-electron chi connectivity index (χ0n) is 16.5. The molecule has 1 heterocycles. The minimum Gasteiger partial charge on any atom is -0.328 e. The minimum atomic E-state index is -0.630. The number of hydrogen-bond acceptors (Lipinski definition) is 6. The number of aryl methyl sites for hydroxylation is 1. The number of hydrazone groups is 1. The molecule has 0 aliphatic rings. The van der Waals surface area contributed by atoms with Gasteiger partial charge in [0.1, 0.15) is 5.70 Å². The lowest BCUT2D eigenvalue weighted by Crippen LogP contribution is -2.33. The van der Waals surface area contributed by atoms with Gasteiger partial charge in [0.2, 0.25) is 5.95 Å². The number of carbonyl (C=O) groups excluding carboxylic acids is 2. The van der Waals surface area contributed by atoms with Crippen LogP contribution >= 0.6 is 11.6 Å². The summed E-state index contributed by atoms with van der Waals surface area (Å²) in [6, 6.07) is 17.2. The lowest BCUT2D eigenvalue weighted by atomic mass is 10.2. The van der Waals surface area contributed by atoms with E-state index in [4.69, 9.17) is 11.6 Å². The number of rotatable bonds is 7. The van der Waals surface area contributed by atoms with Gasteiger partial charge in [-0.2, -0.15) is 5.10 Å². The topological polar surface area (TPSA) is 108 Å². The van der Waals surface area contributed by atoms with Gasteiger partial charge in [-0.3, -0.25) is 9.59 Å². The second kappa shape index (κ2) is 10.7. The summed E-state index contributed by atoms with van der Waals surface area (Å²) in [4.78, 5) is 33.4. The summed E-state index contributed by atoms with van der Waals surface area (Å²) in [6.07, 6.45) is 4.35. The lowest BCUT2D eigenvalue weighted by molar-refractivity contribution is -0.117. The van der Waals surface area contributed by atoms with Crippen molar-refractivity contribution in [2.75, 3.05) is 5.32 Å². The highest BCUT2D eigenvalue weighted by Crippen LogP contribution is 2.08. The second-order valence-electron chi connectivity index (χ2n) is 6.29. The first-order valence-electron chi connectivity index (χ1n) is 9.23. The quantitative estimate of drug-likeness (QED) is 0.300. The largest absolute Gasteiger partial charge is 0.328 e. The first-order valence-corrected chi connectivity index (χ1v) is 9.61. The Balaban J connectivity index is 1.74. The van der Waals surface area contributed by atoms with Crippen molar-refractivity contribution < 1.29 is 9.59 Å². The van der Waals surface area contributed by atoms with Gasteiger partial charge in [0.25, 0.3) is 11.8 Å². The van der Waals surface area contributed by atoms with Crippen LogP contribution in [-0.2, 0) is 4.79 Å². The number of aromatic nitrogens is 2. The fourth-order valence-electron chi connectivity index (χ4n) is 2.37. The molecule has 31 heavy (non-hydrogen) atoms. The van der Waals surface area contributed by atoms with Crippen molar-refractivity contribution in [3.05, 3.63) is 101 Å². The highest BCUT2D eigenvalue weighted by molar-refractivity contribution is 6.30. The van der Waals surface area contributed by atoms with E-state index in [9.17, 15) is 9.59 Å². The summed E-state index contributed by atoms with van der Waals surface area (Å²) in [6.45, 7) is 1.81. The van der Waals surface area contributed by atoms with Crippen LogP contribution in [0.3, 0.4) is 0 Å². The third-order valence-corrected chi connectivity index (χ3v) is 4.17. The highest BCUT2D eigenvalue weighted by atomic mass is 35.5. The number of amides is 2. The SMILES string of the molecule is Cc1ccnc(N/C=C(/NC(=O)c2ccccc2)C(=O)N/N=C/c2ccc(Cl)cc2)n1. The van der Waals surface area contributed by atoms with E-state index in [0.717, 1.165) is 11.3 Å². The van der Waals surface area contributed by atoms with Crippen LogP contribution in [0.2, 0.25) is 5.02 Å². The average molecular weight is 435 g/mol. The van der Waals surface area contributed by atoms with Crippen LogP contribution in [0.5, 0.6) is 0 Å². The molecule has 3 aromatic rings. The summed E-state index contributed by atoms with van der Waals surface area (Å²) in [5.74, 6) is -0.797. The lowest BCUT2D eigenvalue weighted by Gasteiger charge is -2.09. The summed E-state index contributed by atoms with van der Waals surface area (Å²) in [5, 5.41) is 9.91. The van der Waals surface area contributed by atoms with Gasteiger partial charge in [0.05, 0.1) is 6.21 Å². The maximum atomic E-state index is 12.6. The predicted octanol–water partition coefficient (Wildman–Crippen LogP) is 3.27. The van der Waals surface area contributed by atoms with Crippen molar-refractivity contribution in [3.63, 3.8) is 0 Å². The molecule has 0 bridgehead atoms. The smallest absolute Gasteiger partial charge is 0.289 e. The molecule has 0 aliphatic carbocycles. The van der Waals surface area contributed by atoms with Gasteiger partial charge in [0.15, 0.2) is 0 Å². The van der Waals surface area contributed by atoms with Gasteiger partial charge in [-0.1, -0.05) is 41.9 Å². The van der Waals surface area contributed by atoms with Gasteiger partial charge in [-0.05, 0) is 42.8 Å². The van der Waals surface area contributed by atoms with Crippen molar-refractivity contribution in [1.82, 2.24) is 20.7 Å². The summed E-state index contributed by atoms with van der Waals surface area (Å²) in [7, 11) is 0. The van der Waals surface area contributed by atoms with Crippen LogP contribution in [0.15, 0.2) is 83.9 Å². The Kier molecular flexibility index (Phi) is 7.45. The van der Waals surface area contributed by atoms with Gasteiger partial charge < -0.3 is 10.6 Å². The third kappa shape index (κ3) is 6.76. The molecule has 3 N–H and O–H groups in total. The molecule has 0 fully saturated rings. The van der Waals surface area contributed by atoms with Crippen molar-refractivity contribution in [3.8, 4) is 0 Å². The van der Waals surface area contributed by atoms with Crippen LogP contribution < -0.4 is 16.1 Å². The van der Waals surface area contributed by atoms with Crippen LogP contribution in [0.1, 0.15) is 21.6 Å². The summed E-state index contributed by atoms with van der Waals surface area (Å²) < 4.78 is 0. The van der Waals surface area contributed by atoms with Crippen molar-refractivity contribution >= 4 is 35.6 Å². The molecule has 0 aliphatic heterocycles. The molecule has 0 radical (unpaired) electrons. The van der Waals surface area contributed by atoms with Crippen molar-refractivity contribution in [2.45, 2.75) is 6.92 Å². The Bertz CT molecular complexity index is 1110. The first-order chi connectivity index (χ1) is 15.0. The predicted molar refractivity (Wildman–Crippen MR) is 120 cm³/mol. The molecule has 9 heteroatoms. The molecule has 1 aromatic heterocycles. The molecule has 156 valence electrons. The van der Waals surface area contributed by atoms with E-state index < -0.39 is 11.8 Å². The molecule has 8 nitrogen and oxygen atoms in total. The Hall–Kier alpha value is -4.04. The zero-order chi connectivity index (χ0) is 22.1. The maximum absolute atomic E-state index is 12.6. The van der Waals surface area contributed by atoms with E-state index in [-0.39, 0.29) is 11.6 Å². The number of halogens is 1. The monoisotopic (exact) mass is 434 g/mol. The number of anilines is 1. The van der Waals surface area contributed by atoms with Gasteiger partial charge in [-0.15, -0.1) is 0 Å².